The fourth-order valence-electron chi connectivity index (χ4n) is 2.38. The zero-order valence-corrected chi connectivity index (χ0v) is 14.4. The third-order valence-electron chi connectivity index (χ3n) is 3.63. The van der Waals surface area contributed by atoms with Crippen molar-refractivity contribution >= 4 is 37.2 Å². The van der Waals surface area contributed by atoms with E-state index in [1.807, 2.05) is 0 Å². The van der Waals surface area contributed by atoms with Gasteiger partial charge in [0.25, 0.3) is 0 Å². The van der Waals surface area contributed by atoms with Gasteiger partial charge in [0.2, 0.25) is 0 Å². The van der Waals surface area contributed by atoms with Gasteiger partial charge < -0.3 is 15.5 Å². The summed E-state index contributed by atoms with van der Waals surface area (Å²) in [5, 5.41) is 0. The quantitative estimate of drug-likeness (QED) is 0.911. The van der Waals surface area contributed by atoms with Crippen molar-refractivity contribution in [3.8, 4) is 0 Å². The van der Waals surface area contributed by atoms with Gasteiger partial charge in [-0.05, 0) is 12.6 Å². The van der Waals surface area contributed by atoms with Crippen LogP contribution in [0.25, 0.3) is 0 Å². The predicted octanol–water partition coefficient (Wildman–Crippen LogP) is 2.24. The van der Waals surface area contributed by atoms with Gasteiger partial charge in [0.1, 0.15) is 0 Å². The highest BCUT2D eigenvalue weighted by atomic mass is 35.5. The lowest BCUT2D eigenvalue weighted by molar-refractivity contribution is 0.147. The number of nitrogens with two attached hydrogens (primary N) is 1. The molecule has 0 spiro atoms. The highest BCUT2D eigenvalue weighted by Crippen LogP contribution is 2.16. The minimum absolute atomic E-state index is 0. The van der Waals surface area contributed by atoms with Gasteiger partial charge in [0.15, 0.2) is 0 Å². The highest BCUT2D eigenvalue weighted by molar-refractivity contribution is 5.86. The zero-order chi connectivity index (χ0) is 12.1. The van der Waals surface area contributed by atoms with Crippen molar-refractivity contribution in [2.24, 2.45) is 5.73 Å². The summed E-state index contributed by atoms with van der Waals surface area (Å²) in [7, 11) is 2.19. The predicted molar refractivity (Wildman–Crippen MR) is 93.9 cm³/mol. The van der Waals surface area contributed by atoms with Crippen LogP contribution < -0.4 is 5.73 Å². The van der Waals surface area contributed by atoms with Crippen molar-refractivity contribution in [2.75, 3.05) is 46.3 Å². The van der Waals surface area contributed by atoms with E-state index in [9.17, 15) is 0 Å². The molecule has 0 saturated carbocycles. The Bertz CT molecular complexity index is 330. The fourth-order valence-corrected chi connectivity index (χ4v) is 2.38. The van der Waals surface area contributed by atoms with Crippen LogP contribution in [0.15, 0.2) is 30.3 Å². The monoisotopic (exact) mass is 341 g/mol. The minimum Gasteiger partial charge on any atom is -0.330 e. The standard InChI is InChI=1S/C14H23N3.3ClH/c1-16-7-9-17(10-8-16)12-14(11-15)13-5-3-2-4-6-13;;;/h2-6,14H,7-12,15H2,1H3;3*1H. The summed E-state index contributed by atoms with van der Waals surface area (Å²) in [6.45, 7) is 6.50. The zero-order valence-electron chi connectivity index (χ0n) is 11.9. The highest BCUT2D eigenvalue weighted by Gasteiger charge is 2.18. The van der Waals surface area contributed by atoms with Crippen LogP contribution in [-0.2, 0) is 0 Å². The van der Waals surface area contributed by atoms with Crippen LogP contribution in [0.3, 0.4) is 0 Å². The molecule has 3 nitrogen and oxygen atoms in total. The molecule has 1 unspecified atom stereocenters. The van der Waals surface area contributed by atoms with Crippen LogP contribution in [0.4, 0.5) is 0 Å². The van der Waals surface area contributed by atoms with Crippen molar-refractivity contribution < 1.29 is 0 Å². The van der Waals surface area contributed by atoms with E-state index in [-0.39, 0.29) is 37.2 Å². The van der Waals surface area contributed by atoms with E-state index in [1.165, 1.54) is 31.7 Å². The summed E-state index contributed by atoms with van der Waals surface area (Å²) >= 11 is 0. The Morgan fingerprint density at radius 1 is 1.00 bits per heavy atom. The molecular formula is C14H26Cl3N3. The molecule has 1 aromatic rings. The summed E-state index contributed by atoms with van der Waals surface area (Å²) in [6, 6.07) is 10.6. The summed E-state index contributed by atoms with van der Waals surface area (Å²) in [6.07, 6.45) is 0. The number of benzene rings is 1. The number of hydrogen-bond acceptors (Lipinski definition) is 3. The normalized spacial score (nSPS) is 17.3. The molecule has 1 fully saturated rings. The Morgan fingerprint density at radius 3 is 2.05 bits per heavy atom. The number of nitrogens with zero attached hydrogens (tertiary/aromatic N) is 2. The van der Waals surface area contributed by atoms with Crippen molar-refractivity contribution in [2.45, 2.75) is 5.92 Å². The Morgan fingerprint density at radius 2 is 1.55 bits per heavy atom. The van der Waals surface area contributed by atoms with E-state index in [2.05, 4.69) is 47.2 Å². The summed E-state index contributed by atoms with van der Waals surface area (Å²) in [5.41, 5.74) is 7.28. The smallest absolute Gasteiger partial charge is 0.0110 e. The van der Waals surface area contributed by atoms with Crippen molar-refractivity contribution in [1.82, 2.24) is 9.80 Å². The second-order valence-electron chi connectivity index (χ2n) is 4.95. The van der Waals surface area contributed by atoms with Gasteiger partial charge in [-0.1, -0.05) is 30.3 Å². The number of halogens is 3. The van der Waals surface area contributed by atoms with Gasteiger partial charge in [0, 0.05) is 45.2 Å². The van der Waals surface area contributed by atoms with E-state index >= 15 is 0 Å². The van der Waals surface area contributed by atoms with Crippen LogP contribution in [0.2, 0.25) is 0 Å². The van der Waals surface area contributed by atoms with Crippen LogP contribution in [0, 0.1) is 0 Å². The molecule has 1 saturated heterocycles. The first kappa shape index (κ1) is 22.3. The molecule has 6 heteroatoms. The Kier molecular flexibility index (Phi) is 12.9. The molecule has 20 heavy (non-hydrogen) atoms. The summed E-state index contributed by atoms with van der Waals surface area (Å²) < 4.78 is 0. The number of rotatable bonds is 4. The molecule has 0 radical (unpaired) electrons. The van der Waals surface area contributed by atoms with Crippen LogP contribution in [0.5, 0.6) is 0 Å². The van der Waals surface area contributed by atoms with Crippen LogP contribution in [0.1, 0.15) is 11.5 Å². The average Bonchev–Trinajstić information content (AvgIpc) is 2.39. The largest absolute Gasteiger partial charge is 0.330 e. The molecule has 2 rings (SSSR count). The molecular weight excluding hydrogens is 317 g/mol. The molecule has 1 aromatic carbocycles. The summed E-state index contributed by atoms with van der Waals surface area (Å²) in [5.74, 6) is 0.472. The first-order chi connectivity index (χ1) is 8.29. The van der Waals surface area contributed by atoms with E-state index in [4.69, 9.17) is 5.73 Å². The number of likely N-dealkylation sites (N-methyl/N-ethyl adjacent to an activating group) is 1. The Labute approximate surface area is 141 Å². The van der Waals surface area contributed by atoms with Gasteiger partial charge in [-0.2, -0.15) is 0 Å². The average molecular weight is 343 g/mol. The van der Waals surface area contributed by atoms with E-state index in [0.29, 0.717) is 5.92 Å². The van der Waals surface area contributed by atoms with Gasteiger partial charge in [0.05, 0.1) is 0 Å². The van der Waals surface area contributed by atoms with E-state index < -0.39 is 0 Å². The summed E-state index contributed by atoms with van der Waals surface area (Å²) in [4.78, 5) is 4.92. The lowest BCUT2D eigenvalue weighted by Gasteiger charge is -2.34. The maximum atomic E-state index is 5.91. The van der Waals surface area contributed by atoms with Gasteiger partial charge in [-0.25, -0.2) is 0 Å². The molecule has 1 aliphatic heterocycles. The molecule has 0 bridgehead atoms. The van der Waals surface area contributed by atoms with E-state index in [0.717, 1.165) is 13.1 Å². The van der Waals surface area contributed by atoms with E-state index in [1.54, 1.807) is 0 Å². The maximum Gasteiger partial charge on any atom is 0.0110 e. The molecule has 0 aromatic heterocycles. The second kappa shape index (κ2) is 11.6. The molecule has 118 valence electrons. The molecule has 2 N–H and O–H groups in total. The fraction of sp³-hybridized carbons (Fsp3) is 0.571. The van der Waals surface area contributed by atoms with Crippen molar-refractivity contribution in [3.63, 3.8) is 0 Å². The SMILES string of the molecule is CN1CCN(CC(CN)c2ccccc2)CC1.Cl.Cl.Cl. The first-order valence-corrected chi connectivity index (χ1v) is 6.45. The topological polar surface area (TPSA) is 32.5 Å². The minimum atomic E-state index is 0. The Hall–Kier alpha value is -0.0300. The third-order valence-corrected chi connectivity index (χ3v) is 3.63. The molecule has 1 atom stereocenters. The second-order valence-corrected chi connectivity index (χ2v) is 4.95. The maximum absolute atomic E-state index is 5.91. The molecule has 0 amide bonds. The van der Waals surface area contributed by atoms with Crippen LogP contribution in [-0.4, -0.2) is 56.1 Å². The molecule has 0 aliphatic carbocycles. The van der Waals surface area contributed by atoms with Crippen LogP contribution >= 0.6 is 37.2 Å². The number of piperazine rings is 1. The third kappa shape index (κ3) is 6.61. The lowest BCUT2D eigenvalue weighted by Crippen LogP contribution is -2.46. The lowest BCUT2D eigenvalue weighted by atomic mass is 9.98. The first-order valence-electron chi connectivity index (χ1n) is 6.45. The molecule has 1 heterocycles. The number of hydrogen-bond donors (Lipinski definition) is 1. The molecule has 1 aliphatic rings. The Balaban J connectivity index is 0. The van der Waals surface area contributed by atoms with Gasteiger partial charge >= 0.3 is 0 Å². The van der Waals surface area contributed by atoms with Crippen molar-refractivity contribution in [1.29, 1.82) is 0 Å². The van der Waals surface area contributed by atoms with Gasteiger partial charge in [-0.3, -0.25) is 0 Å². The van der Waals surface area contributed by atoms with Gasteiger partial charge in [-0.15, -0.1) is 37.2 Å². The van der Waals surface area contributed by atoms with Crippen molar-refractivity contribution in [3.05, 3.63) is 35.9 Å².